The predicted molar refractivity (Wildman–Crippen MR) is 76.5 cm³/mol. The summed E-state index contributed by atoms with van der Waals surface area (Å²) in [5, 5.41) is 11.7. The summed E-state index contributed by atoms with van der Waals surface area (Å²) in [6, 6.07) is 1.97. The van der Waals surface area contributed by atoms with Gasteiger partial charge in [-0.15, -0.1) is 11.3 Å². The van der Waals surface area contributed by atoms with Gasteiger partial charge in [-0.2, -0.15) is 0 Å². The lowest BCUT2D eigenvalue weighted by Crippen LogP contribution is -2.46. The van der Waals surface area contributed by atoms with Crippen molar-refractivity contribution < 1.29 is 9.90 Å². The first-order valence-electron chi connectivity index (χ1n) is 7.23. The van der Waals surface area contributed by atoms with Gasteiger partial charge in [0, 0.05) is 17.5 Å². The minimum absolute atomic E-state index is 0.386. The van der Waals surface area contributed by atoms with Crippen LogP contribution in [0.2, 0.25) is 0 Å². The summed E-state index contributed by atoms with van der Waals surface area (Å²) in [6.45, 7) is 3.12. The van der Waals surface area contributed by atoms with Crippen LogP contribution >= 0.6 is 11.3 Å². The number of carbonyl (C=O) groups is 1. The van der Waals surface area contributed by atoms with Crippen molar-refractivity contribution in [3.05, 3.63) is 21.9 Å². The van der Waals surface area contributed by atoms with Crippen molar-refractivity contribution in [2.24, 2.45) is 5.92 Å². The predicted octanol–water partition coefficient (Wildman–Crippen LogP) is 3.31. The van der Waals surface area contributed by atoms with Crippen molar-refractivity contribution in [1.29, 1.82) is 0 Å². The van der Waals surface area contributed by atoms with Crippen molar-refractivity contribution in [2.75, 3.05) is 6.54 Å². The smallest absolute Gasteiger partial charge is 0.325 e. The van der Waals surface area contributed by atoms with Gasteiger partial charge in [0.15, 0.2) is 0 Å². The second-order valence-corrected chi connectivity index (χ2v) is 6.81. The Labute approximate surface area is 118 Å². The molecule has 1 fully saturated rings. The van der Waals surface area contributed by atoms with E-state index in [2.05, 4.69) is 11.8 Å². The SMILES string of the molecule is CC(C1CCCC1)N1CCc2sccc2C1C(=O)O. The molecule has 2 unspecified atom stereocenters. The molecule has 2 aliphatic rings. The number of rotatable bonds is 3. The fourth-order valence-electron chi connectivity index (χ4n) is 3.76. The molecule has 0 bridgehead atoms. The Morgan fingerprint density at radius 2 is 2.21 bits per heavy atom. The molecular weight excluding hydrogens is 258 g/mol. The van der Waals surface area contributed by atoms with Crippen LogP contribution in [0.15, 0.2) is 11.4 Å². The molecule has 1 aliphatic carbocycles. The Morgan fingerprint density at radius 1 is 1.47 bits per heavy atom. The second-order valence-electron chi connectivity index (χ2n) is 5.81. The lowest BCUT2D eigenvalue weighted by atomic mass is 9.92. The first-order chi connectivity index (χ1) is 9.18. The molecule has 1 aliphatic heterocycles. The highest BCUT2D eigenvalue weighted by atomic mass is 32.1. The molecule has 104 valence electrons. The molecule has 1 saturated carbocycles. The Hall–Kier alpha value is -0.870. The average Bonchev–Trinajstić information content (AvgIpc) is 3.06. The molecule has 0 saturated heterocycles. The minimum atomic E-state index is -0.691. The van der Waals surface area contributed by atoms with Gasteiger partial charge in [-0.3, -0.25) is 9.69 Å². The van der Waals surface area contributed by atoms with Crippen molar-refractivity contribution in [3.63, 3.8) is 0 Å². The number of carboxylic acids is 1. The Morgan fingerprint density at radius 3 is 2.89 bits per heavy atom. The van der Waals surface area contributed by atoms with Crippen LogP contribution in [0.5, 0.6) is 0 Å². The molecule has 0 aromatic carbocycles. The molecule has 2 atom stereocenters. The number of nitrogens with zero attached hydrogens (tertiary/aromatic N) is 1. The van der Waals surface area contributed by atoms with Gasteiger partial charge in [-0.05, 0) is 49.1 Å². The first kappa shape index (κ1) is 13.1. The summed E-state index contributed by atoms with van der Waals surface area (Å²) in [5.74, 6) is -0.00812. The van der Waals surface area contributed by atoms with E-state index in [1.165, 1.54) is 30.6 Å². The van der Waals surface area contributed by atoms with Crippen molar-refractivity contribution in [2.45, 2.75) is 51.1 Å². The van der Waals surface area contributed by atoms with Gasteiger partial charge < -0.3 is 5.11 Å². The normalized spacial score (nSPS) is 26.3. The van der Waals surface area contributed by atoms with E-state index in [-0.39, 0.29) is 0 Å². The Balaban J connectivity index is 1.86. The Kier molecular flexibility index (Phi) is 3.63. The third-order valence-electron chi connectivity index (χ3n) is 4.84. The van der Waals surface area contributed by atoms with Crippen LogP contribution in [-0.2, 0) is 11.2 Å². The molecule has 0 spiro atoms. The lowest BCUT2D eigenvalue weighted by molar-refractivity contribution is -0.145. The van der Waals surface area contributed by atoms with Gasteiger partial charge in [-0.1, -0.05) is 12.8 Å². The maximum Gasteiger partial charge on any atom is 0.325 e. The standard InChI is InChI=1S/C15H21NO2S/c1-10(11-4-2-3-5-11)16-8-6-13-12(7-9-19-13)14(16)15(17)18/h7,9-11,14H,2-6,8H2,1H3,(H,17,18). The van der Waals surface area contributed by atoms with Crippen LogP contribution in [0.4, 0.5) is 0 Å². The molecule has 3 nitrogen and oxygen atoms in total. The molecular formula is C15H21NO2S. The minimum Gasteiger partial charge on any atom is -0.480 e. The van der Waals surface area contributed by atoms with Crippen LogP contribution in [0.1, 0.15) is 49.1 Å². The number of hydrogen-bond donors (Lipinski definition) is 1. The largest absolute Gasteiger partial charge is 0.480 e. The molecule has 3 rings (SSSR count). The highest BCUT2D eigenvalue weighted by molar-refractivity contribution is 7.10. The molecule has 19 heavy (non-hydrogen) atoms. The highest BCUT2D eigenvalue weighted by Crippen LogP contribution is 2.39. The topological polar surface area (TPSA) is 40.5 Å². The van der Waals surface area contributed by atoms with Crippen LogP contribution < -0.4 is 0 Å². The van der Waals surface area contributed by atoms with E-state index in [1.807, 2.05) is 11.4 Å². The van der Waals surface area contributed by atoms with Gasteiger partial charge in [0.05, 0.1) is 0 Å². The lowest BCUT2D eigenvalue weighted by Gasteiger charge is -2.40. The Bertz CT molecular complexity index is 464. The van der Waals surface area contributed by atoms with Gasteiger partial charge >= 0.3 is 5.97 Å². The van der Waals surface area contributed by atoms with E-state index < -0.39 is 12.0 Å². The van der Waals surface area contributed by atoms with E-state index in [4.69, 9.17) is 0 Å². The summed E-state index contributed by atoms with van der Waals surface area (Å²) in [7, 11) is 0. The van der Waals surface area contributed by atoms with Gasteiger partial charge in [0.1, 0.15) is 6.04 Å². The van der Waals surface area contributed by atoms with Crippen LogP contribution in [-0.4, -0.2) is 28.6 Å². The third kappa shape index (κ3) is 2.32. The van der Waals surface area contributed by atoms with Crippen LogP contribution in [0.25, 0.3) is 0 Å². The number of hydrogen-bond acceptors (Lipinski definition) is 3. The summed E-state index contributed by atoms with van der Waals surface area (Å²) in [5.41, 5.74) is 1.04. The van der Waals surface area contributed by atoms with Crippen molar-refractivity contribution >= 4 is 17.3 Å². The number of fused-ring (bicyclic) bond motifs is 1. The summed E-state index contributed by atoms with van der Waals surface area (Å²) in [4.78, 5) is 15.2. The van der Waals surface area contributed by atoms with Crippen LogP contribution in [0, 0.1) is 5.92 Å². The second kappa shape index (κ2) is 5.25. The van der Waals surface area contributed by atoms with Gasteiger partial charge in [0.25, 0.3) is 0 Å². The molecule has 1 aromatic rings. The molecule has 1 N–H and O–H groups in total. The fraction of sp³-hybridized carbons (Fsp3) is 0.667. The summed E-state index contributed by atoms with van der Waals surface area (Å²) < 4.78 is 0. The molecule has 2 heterocycles. The van der Waals surface area contributed by atoms with Gasteiger partial charge in [-0.25, -0.2) is 0 Å². The first-order valence-corrected chi connectivity index (χ1v) is 8.11. The zero-order chi connectivity index (χ0) is 13.4. The zero-order valence-corrected chi connectivity index (χ0v) is 12.2. The molecule has 1 aromatic heterocycles. The molecule has 0 radical (unpaired) electrons. The highest BCUT2D eigenvalue weighted by Gasteiger charge is 2.38. The maximum absolute atomic E-state index is 11.7. The van der Waals surface area contributed by atoms with E-state index in [9.17, 15) is 9.90 Å². The van der Waals surface area contributed by atoms with Crippen molar-refractivity contribution in [3.8, 4) is 0 Å². The number of carboxylic acid groups (broad SMARTS) is 1. The van der Waals surface area contributed by atoms with Crippen LogP contribution in [0.3, 0.4) is 0 Å². The summed E-state index contributed by atoms with van der Waals surface area (Å²) in [6.07, 6.45) is 6.16. The van der Waals surface area contributed by atoms with E-state index in [0.717, 1.165) is 18.5 Å². The fourth-order valence-corrected chi connectivity index (χ4v) is 4.66. The third-order valence-corrected chi connectivity index (χ3v) is 5.84. The average molecular weight is 279 g/mol. The van der Waals surface area contributed by atoms with Crippen molar-refractivity contribution in [1.82, 2.24) is 4.90 Å². The quantitative estimate of drug-likeness (QED) is 0.923. The number of thiophene rings is 1. The van der Waals surface area contributed by atoms with Gasteiger partial charge in [0.2, 0.25) is 0 Å². The molecule has 4 heteroatoms. The maximum atomic E-state index is 11.7. The zero-order valence-electron chi connectivity index (χ0n) is 11.3. The summed E-state index contributed by atoms with van der Waals surface area (Å²) >= 11 is 1.70. The molecule has 0 amide bonds. The van der Waals surface area contributed by atoms with E-state index >= 15 is 0 Å². The monoisotopic (exact) mass is 279 g/mol. The van der Waals surface area contributed by atoms with E-state index in [1.54, 1.807) is 11.3 Å². The number of aliphatic carboxylic acids is 1. The van der Waals surface area contributed by atoms with E-state index in [0.29, 0.717) is 12.0 Å².